The van der Waals surface area contributed by atoms with Crippen molar-refractivity contribution in [3.05, 3.63) is 52.2 Å². The van der Waals surface area contributed by atoms with E-state index >= 15 is 0 Å². The van der Waals surface area contributed by atoms with E-state index in [2.05, 4.69) is 48.8 Å². The van der Waals surface area contributed by atoms with E-state index in [0.29, 0.717) is 12.1 Å². The molecule has 0 aliphatic carbocycles. The van der Waals surface area contributed by atoms with Crippen LogP contribution in [0.4, 0.5) is 0 Å². The zero-order chi connectivity index (χ0) is 13.7. The van der Waals surface area contributed by atoms with Crippen LogP contribution in [0.5, 0.6) is 5.75 Å². The van der Waals surface area contributed by atoms with E-state index < -0.39 is 0 Å². The minimum atomic E-state index is 0.313. The molecule has 0 spiro atoms. The summed E-state index contributed by atoms with van der Waals surface area (Å²) >= 11 is 1.79. The zero-order valence-electron chi connectivity index (χ0n) is 11.7. The molecule has 0 amide bonds. The van der Waals surface area contributed by atoms with Gasteiger partial charge in [0.2, 0.25) is 0 Å². The van der Waals surface area contributed by atoms with Crippen molar-refractivity contribution in [1.29, 1.82) is 0 Å². The summed E-state index contributed by atoms with van der Waals surface area (Å²) in [6.07, 6.45) is 1.04. The lowest BCUT2D eigenvalue weighted by Gasteiger charge is -2.23. The minimum Gasteiger partial charge on any atom is -0.496 e. The first-order valence-electron chi connectivity index (χ1n) is 6.68. The van der Waals surface area contributed by atoms with Gasteiger partial charge in [0.15, 0.2) is 0 Å². The summed E-state index contributed by atoms with van der Waals surface area (Å²) in [5.41, 5.74) is 1.23. The van der Waals surface area contributed by atoms with E-state index in [1.807, 2.05) is 12.1 Å². The van der Waals surface area contributed by atoms with Crippen LogP contribution in [-0.4, -0.2) is 7.11 Å². The Balaban J connectivity index is 2.16. The summed E-state index contributed by atoms with van der Waals surface area (Å²) in [6.45, 7) is 4.41. The Kier molecular flexibility index (Phi) is 5.00. The highest BCUT2D eigenvalue weighted by atomic mass is 32.1. The summed E-state index contributed by atoms with van der Waals surface area (Å²) in [5, 5.41) is 5.81. The summed E-state index contributed by atoms with van der Waals surface area (Å²) in [6, 6.07) is 13.2. The molecule has 2 aromatic rings. The molecular weight excluding hydrogens is 254 g/mol. The SMILES string of the molecule is CCC(NC(C)c1cccs1)c1ccccc1OC. The molecular formula is C16H21NOS. The molecule has 2 atom stereocenters. The number of methoxy groups -OCH3 is 1. The van der Waals surface area contributed by atoms with Crippen LogP contribution in [0.15, 0.2) is 41.8 Å². The number of ether oxygens (including phenoxy) is 1. The Morgan fingerprint density at radius 1 is 1.21 bits per heavy atom. The third-order valence-corrected chi connectivity index (χ3v) is 4.40. The van der Waals surface area contributed by atoms with Crippen molar-refractivity contribution >= 4 is 11.3 Å². The highest BCUT2D eigenvalue weighted by molar-refractivity contribution is 7.10. The fraction of sp³-hybridized carbons (Fsp3) is 0.375. The summed E-state index contributed by atoms with van der Waals surface area (Å²) in [7, 11) is 1.73. The van der Waals surface area contributed by atoms with E-state index in [4.69, 9.17) is 4.74 Å². The summed E-state index contributed by atoms with van der Waals surface area (Å²) in [4.78, 5) is 1.37. The number of hydrogen-bond acceptors (Lipinski definition) is 3. The maximum absolute atomic E-state index is 5.46. The van der Waals surface area contributed by atoms with E-state index in [0.717, 1.165) is 12.2 Å². The monoisotopic (exact) mass is 275 g/mol. The third kappa shape index (κ3) is 3.37. The maximum atomic E-state index is 5.46. The first kappa shape index (κ1) is 14.1. The molecule has 0 saturated heterocycles. The fourth-order valence-corrected chi connectivity index (χ4v) is 3.05. The van der Waals surface area contributed by atoms with Gasteiger partial charge in [0, 0.05) is 22.5 Å². The summed E-state index contributed by atoms with van der Waals surface area (Å²) < 4.78 is 5.46. The lowest BCUT2D eigenvalue weighted by atomic mass is 10.0. The lowest BCUT2D eigenvalue weighted by molar-refractivity contribution is 0.389. The lowest BCUT2D eigenvalue weighted by Crippen LogP contribution is -2.24. The van der Waals surface area contributed by atoms with E-state index in [9.17, 15) is 0 Å². The van der Waals surface area contributed by atoms with Crippen molar-refractivity contribution in [3.63, 3.8) is 0 Å². The molecule has 0 radical (unpaired) electrons. The Labute approximate surface area is 119 Å². The maximum Gasteiger partial charge on any atom is 0.123 e. The highest BCUT2D eigenvalue weighted by Crippen LogP contribution is 2.30. The Morgan fingerprint density at radius 3 is 2.63 bits per heavy atom. The number of hydrogen-bond donors (Lipinski definition) is 1. The second-order valence-corrected chi connectivity index (χ2v) is 5.59. The van der Waals surface area contributed by atoms with E-state index in [1.54, 1.807) is 18.4 Å². The van der Waals surface area contributed by atoms with Gasteiger partial charge in [-0.1, -0.05) is 31.2 Å². The van der Waals surface area contributed by atoms with Crippen molar-refractivity contribution in [2.45, 2.75) is 32.4 Å². The van der Waals surface area contributed by atoms with Crippen LogP contribution in [0.2, 0.25) is 0 Å². The molecule has 2 rings (SSSR count). The molecule has 0 fully saturated rings. The van der Waals surface area contributed by atoms with Gasteiger partial charge in [-0.25, -0.2) is 0 Å². The minimum absolute atomic E-state index is 0.313. The van der Waals surface area contributed by atoms with Crippen LogP contribution in [0, 0.1) is 0 Å². The molecule has 0 aliphatic heterocycles. The molecule has 0 bridgehead atoms. The Hall–Kier alpha value is -1.32. The predicted octanol–water partition coefficient (Wildman–Crippen LogP) is 4.56. The van der Waals surface area contributed by atoms with Crippen molar-refractivity contribution in [2.24, 2.45) is 0 Å². The quantitative estimate of drug-likeness (QED) is 0.834. The molecule has 0 aliphatic rings. The van der Waals surface area contributed by atoms with Gasteiger partial charge in [-0.3, -0.25) is 0 Å². The number of benzene rings is 1. The van der Waals surface area contributed by atoms with Crippen LogP contribution in [-0.2, 0) is 0 Å². The molecule has 102 valence electrons. The number of nitrogens with one attached hydrogen (secondary N) is 1. The standard InChI is InChI=1S/C16H21NOS/c1-4-14(13-8-5-6-9-15(13)18-3)17-12(2)16-10-7-11-19-16/h5-12,14,17H,4H2,1-3H3. The molecule has 2 unspecified atom stereocenters. The molecule has 1 N–H and O–H groups in total. The zero-order valence-corrected chi connectivity index (χ0v) is 12.5. The molecule has 2 nitrogen and oxygen atoms in total. The van der Waals surface area contributed by atoms with Crippen LogP contribution >= 0.6 is 11.3 Å². The number of rotatable bonds is 6. The normalized spacial score (nSPS) is 14.1. The third-order valence-electron chi connectivity index (χ3n) is 3.34. The van der Waals surface area contributed by atoms with Crippen molar-refractivity contribution < 1.29 is 4.74 Å². The first-order chi connectivity index (χ1) is 9.26. The molecule has 1 aromatic carbocycles. The van der Waals surface area contributed by atoms with Crippen LogP contribution in [0.25, 0.3) is 0 Å². The van der Waals surface area contributed by atoms with Gasteiger partial charge in [-0.2, -0.15) is 0 Å². The van der Waals surface area contributed by atoms with Gasteiger partial charge >= 0.3 is 0 Å². The topological polar surface area (TPSA) is 21.3 Å². The van der Waals surface area contributed by atoms with E-state index in [-0.39, 0.29) is 0 Å². The molecule has 0 saturated carbocycles. The van der Waals surface area contributed by atoms with Crippen LogP contribution in [0.1, 0.15) is 42.8 Å². The molecule has 1 heterocycles. The van der Waals surface area contributed by atoms with Gasteiger partial charge in [0.25, 0.3) is 0 Å². The van der Waals surface area contributed by atoms with Crippen molar-refractivity contribution in [2.75, 3.05) is 7.11 Å². The summed E-state index contributed by atoms with van der Waals surface area (Å²) in [5.74, 6) is 0.959. The number of thiophene rings is 1. The molecule has 3 heteroatoms. The second-order valence-electron chi connectivity index (χ2n) is 4.61. The average Bonchev–Trinajstić information content (AvgIpc) is 2.98. The van der Waals surface area contributed by atoms with Gasteiger partial charge in [0.05, 0.1) is 7.11 Å². The van der Waals surface area contributed by atoms with Gasteiger partial charge < -0.3 is 10.1 Å². The Bertz CT molecular complexity index is 495. The Morgan fingerprint density at radius 2 is 2.00 bits per heavy atom. The molecule has 19 heavy (non-hydrogen) atoms. The van der Waals surface area contributed by atoms with Gasteiger partial charge in [-0.15, -0.1) is 11.3 Å². The first-order valence-corrected chi connectivity index (χ1v) is 7.56. The number of para-hydroxylation sites is 1. The van der Waals surface area contributed by atoms with Crippen molar-refractivity contribution in [1.82, 2.24) is 5.32 Å². The fourth-order valence-electron chi connectivity index (χ4n) is 2.30. The van der Waals surface area contributed by atoms with Crippen molar-refractivity contribution in [3.8, 4) is 5.75 Å². The smallest absolute Gasteiger partial charge is 0.123 e. The highest BCUT2D eigenvalue weighted by Gasteiger charge is 2.17. The van der Waals surface area contributed by atoms with Gasteiger partial charge in [-0.05, 0) is 30.9 Å². The van der Waals surface area contributed by atoms with Crippen LogP contribution in [0.3, 0.4) is 0 Å². The average molecular weight is 275 g/mol. The van der Waals surface area contributed by atoms with E-state index in [1.165, 1.54) is 10.4 Å². The van der Waals surface area contributed by atoms with Crippen LogP contribution < -0.4 is 10.1 Å². The largest absolute Gasteiger partial charge is 0.496 e. The second kappa shape index (κ2) is 6.73. The predicted molar refractivity (Wildman–Crippen MR) is 81.9 cm³/mol. The van der Waals surface area contributed by atoms with Gasteiger partial charge in [0.1, 0.15) is 5.75 Å². The molecule has 1 aromatic heterocycles.